The molecule has 0 radical (unpaired) electrons. The van der Waals surface area contributed by atoms with E-state index >= 15 is 0 Å². The zero-order chi connectivity index (χ0) is 12.4. The molecule has 2 nitrogen and oxygen atoms in total. The smallest absolute Gasteiger partial charge is 0.0587 e. The number of unbranched alkanes of at least 4 members (excludes halogenated alkanes) is 4. The zero-order valence-corrected chi connectivity index (χ0v) is 11.6. The van der Waals surface area contributed by atoms with Gasteiger partial charge < -0.3 is 10.4 Å². The van der Waals surface area contributed by atoms with Gasteiger partial charge in [0.1, 0.15) is 0 Å². The van der Waals surface area contributed by atoms with Crippen LogP contribution in [0.3, 0.4) is 0 Å². The normalized spacial score (nSPS) is 15.4. The van der Waals surface area contributed by atoms with Gasteiger partial charge in [-0.15, -0.1) is 0 Å². The van der Waals surface area contributed by atoms with E-state index in [4.69, 9.17) is 0 Å². The Bertz CT molecular complexity index is 148. The fourth-order valence-corrected chi connectivity index (χ4v) is 1.96. The number of nitrogens with one attached hydrogen (secondary N) is 1. The number of hydrogen-bond donors (Lipinski definition) is 2. The highest BCUT2D eigenvalue weighted by atomic mass is 16.3. The highest BCUT2D eigenvalue weighted by Gasteiger charge is 2.14. The van der Waals surface area contributed by atoms with E-state index in [-0.39, 0.29) is 12.6 Å². The molecule has 98 valence electrons. The van der Waals surface area contributed by atoms with E-state index in [0.29, 0.717) is 12.0 Å². The molecule has 0 heterocycles. The van der Waals surface area contributed by atoms with Gasteiger partial charge in [-0.05, 0) is 19.3 Å². The third-order valence-corrected chi connectivity index (χ3v) is 3.24. The average molecular weight is 229 g/mol. The summed E-state index contributed by atoms with van der Waals surface area (Å²) in [7, 11) is 0. The number of aliphatic hydroxyl groups is 1. The lowest BCUT2D eigenvalue weighted by molar-refractivity contribution is 0.198. The van der Waals surface area contributed by atoms with Crippen molar-refractivity contribution in [2.24, 2.45) is 5.92 Å². The van der Waals surface area contributed by atoms with Gasteiger partial charge in [-0.2, -0.15) is 0 Å². The Balaban J connectivity index is 3.52. The third kappa shape index (κ3) is 8.12. The molecule has 0 aliphatic heterocycles. The lowest BCUT2D eigenvalue weighted by atomic mass is 10.0. The second-order valence-electron chi connectivity index (χ2n) is 5.30. The molecule has 0 aliphatic carbocycles. The van der Waals surface area contributed by atoms with Gasteiger partial charge in [0.2, 0.25) is 0 Å². The van der Waals surface area contributed by atoms with Crippen LogP contribution in [0.4, 0.5) is 0 Å². The van der Waals surface area contributed by atoms with E-state index in [9.17, 15) is 5.11 Å². The summed E-state index contributed by atoms with van der Waals surface area (Å²) < 4.78 is 0. The van der Waals surface area contributed by atoms with Crippen molar-refractivity contribution in [2.75, 3.05) is 6.61 Å². The van der Waals surface area contributed by atoms with Crippen LogP contribution in [0.1, 0.15) is 66.2 Å². The highest BCUT2D eigenvalue weighted by Crippen LogP contribution is 2.09. The van der Waals surface area contributed by atoms with Crippen molar-refractivity contribution in [2.45, 2.75) is 78.3 Å². The molecule has 0 amide bonds. The number of hydrogen-bond acceptors (Lipinski definition) is 2. The summed E-state index contributed by atoms with van der Waals surface area (Å²) in [5, 5.41) is 12.7. The molecular formula is C14H31NO. The molecule has 1 unspecified atom stereocenters. The van der Waals surface area contributed by atoms with Crippen LogP contribution in [-0.2, 0) is 0 Å². The van der Waals surface area contributed by atoms with Crippen molar-refractivity contribution in [3.63, 3.8) is 0 Å². The molecule has 16 heavy (non-hydrogen) atoms. The number of aliphatic hydroxyl groups excluding tert-OH is 1. The Labute approximate surface area is 102 Å². The maximum atomic E-state index is 9.22. The van der Waals surface area contributed by atoms with E-state index in [1.54, 1.807) is 0 Å². The summed E-state index contributed by atoms with van der Waals surface area (Å²) in [6, 6.07) is 0.784. The van der Waals surface area contributed by atoms with E-state index in [1.807, 2.05) is 0 Å². The minimum absolute atomic E-state index is 0.248. The van der Waals surface area contributed by atoms with Crippen molar-refractivity contribution in [3.8, 4) is 0 Å². The Morgan fingerprint density at radius 2 is 1.62 bits per heavy atom. The molecule has 0 aliphatic rings. The fourth-order valence-electron chi connectivity index (χ4n) is 1.96. The van der Waals surface area contributed by atoms with Crippen molar-refractivity contribution < 1.29 is 5.11 Å². The lowest BCUT2D eigenvalue weighted by Crippen LogP contribution is -2.42. The second-order valence-corrected chi connectivity index (χ2v) is 5.30. The van der Waals surface area contributed by atoms with E-state index in [2.05, 4.69) is 33.0 Å². The lowest BCUT2D eigenvalue weighted by Gasteiger charge is -2.24. The Hall–Kier alpha value is -0.0800. The first-order valence-electron chi connectivity index (χ1n) is 6.98. The van der Waals surface area contributed by atoms with E-state index in [0.717, 1.165) is 0 Å². The predicted octanol–water partition coefficient (Wildman–Crippen LogP) is 3.34. The molecule has 0 aromatic rings. The minimum Gasteiger partial charge on any atom is -0.395 e. The molecule has 0 saturated heterocycles. The molecule has 0 aromatic carbocycles. The average Bonchev–Trinajstić information content (AvgIpc) is 2.25. The Kier molecular flexibility index (Phi) is 10.0. The standard InChI is InChI=1S/C14H31NO/c1-5-6-7-8-9-10-13(4)15-14(11-16)12(2)3/h12-16H,5-11H2,1-4H3/t13?,14-/m1/s1. The van der Waals surface area contributed by atoms with Crippen LogP contribution in [0.25, 0.3) is 0 Å². The molecule has 0 bridgehead atoms. The molecule has 2 heteroatoms. The molecule has 0 saturated carbocycles. The highest BCUT2D eigenvalue weighted by molar-refractivity contribution is 4.73. The molecule has 0 aromatic heterocycles. The molecule has 0 spiro atoms. The Morgan fingerprint density at radius 1 is 1.00 bits per heavy atom. The SMILES string of the molecule is CCCCCCCC(C)N[C@H](CO)C(C)C. The Morgan fingerprint density at radius 3 is 2.12 bits per heavy atom. The van der Waals surface area contributed by atoms with Crippen molar-refractivity contribution >= 4 is 0 Å². The molecule has 2 N–H and O–H groups in total. The zero-order valence-electron chi connectivity index (χ0n) is 11.6. The monoisotopic (exact) mass is 229 g/mol. The van der Waals surface area contributed by atoms with Gasteiger partial charge in [-0.25, -0.2) is 0 Å². The van der Waals surface area contributed by atoms with E-state index < -0.39 is 0 Å². The van der Waals surface area contributed by atoms with Crippen LogP contribution in [-0.4, -0.2) is 23.8 Å². The van der Waals surface area contributed by atoms with Gasteiger partial charge in [0, 0.05) is 12.1 Å². The second kappa shape index (κ2) is 10.1. The van der Waals surface area contributed by atoms with Crippen LogP contribution >= 0.6 is 0 Å². The molecule has 2 atom stereocenters. The first-order valence-corrected chi connectivity index (χ1v) is 6.98. The summed E-state index contributed by atoms with van der Waals surface area (Å²) in [5.41, 5.74) is 0. The van der Waals surface area contributed by atoms with Gasteiger partial charge in [-0.3, -0.25) is 0 Å². The fraction of sp³-hybridized carbons (Fsp3) is 1.00. The first-order chi connectivity index (χ1) is 7.61. The van der Waals surface area contributed by atoms with Crippen molar-refractivity contribution in [1.82, 2.24) is 5.32 Å². The first kappa shape index (κ1) is 15.9. The summed E-state index contributed by atoms with van der Waals surface area (Å²) in [5.74, 6) is 0.507. The molecular weight excluding hydrogens is 198 g/mol. The molecule has 0 rings (SSSR count). The summed E-state index contributed by atoms with van der Waals surface area (Å²) in [4.78, 5) is 0. The molecule has 0 fully saturated rings. The minimum atomic E-state index is 0.248. The van der Waals surface area contributed by atoms with Crippen molar-refractivity contribution in [1.29, 1.82) is 0 Å². The van der Waals surface area contributed by atoms with Crippen LogP contribution in [0.5, 0.6) is 0 Å². The summed E-state index contributed by atoms with van der Waals surface area (Å²) in [6.45, 7) is 9.03. The van der Waals surface area contributed by atoms with Crippen LogP contribution in [0.15, 0.2) is 0 Å². The van der Waals surface area contributed by atoms with E-state index in [1.165, 1.54) is 38.5 Å². The number of rotatable bonds is 10. The quantitative estimate of drug-likeness (QED) is 0.563. The van der Waals surface area contributed by atoms with Crippen LogP contribution in [0.2, 0.25) is 0 Å². The maximum Gasteiger partial charge on any atom is 0.0587 e. The van der Waals surface area contributed by atoms with Gasteiger partial charge >= 0.3 is 0 Å². The van der Waals surface area contributed by atoms with Gasteiger partial charge in [0.25, 0.3) is 0 Å². The summed E-state index contributed by atoms with van der Waals surface area (Å²) >= 11 is 0. The summed E-state index contributed by atoms with van der Waals surface area (Å²) in [6.07, 6.45) is 7.94. The van der Waals surface area contributed by atoms with Gasteiger partial charge in [0.05, 0.1) is 6.61 Å². The van der Waals surface area contributed by atoms with Crippen molar-refractivity contribution in [3.05, 3.63) is 0 Å². The largest absolute Gasteiger partial charge is 0.395 e. The topological polar surface area (TPSA) is 32.3 Å². The van der Waals surface area contributed by atoms with Crippen LogP contribution < -0.4 is 5.32 Å². The van der Waals surface area contributed by atoms with Gasteiger partial charge in [0.15, 0.2) is 0 Å². The third-order valence-electron chi connectivity index (χ3n) is 3.24. The van der Waals surface area contributed by atoms with Crippen LogP contribution in [0, 0.1) is 5.92 Å². The predicted molar refractivity (Wildman–Crippen MR) is 71.7 cm³/mol. The van der Waals surface area contributed by atoms with Gasteiger partial charge in [-0.1, -0.05) is 52.9 Å². The maximum absolute atomic E-state index is 9.22.